The van der Waals surface area contributed by atoms with E-state index in [2.05, 4.69) is 58.9 Å². The molecule has 0 bridgehead atoms. The Morgan fingerprint density at radius 3 is 2.47 bits per heavy atom. The van der Waals surface area contributed by atoms with Crippen molar-refractivity contribution < 1.29 is 18.0 Å². The minimum Gasteiger partial charge on any atom is -0.338 e. The van der Waals surface area contributed by atoms with Crippen LogP contribution in [0.1, 0.15) is 53.0 Å². The van der Waals surface area contributed by atoms with Crippen LogP contribution in [0.4, 0.5) is 13.2 Å². The van der Waals surface area contributed by atoms with Crippen molar-refractivity contribution in [3.63, 3.8) is 0 Å². The number of amides is 1. The molecule has 0 unspecified atom stereocenters. The first-order valence-corrected chi connectivity index (χ1v) is 17.3. The van der Waals surface area contributed by atoms with E-state index in [0.717, 1.165) is 41.8 Å². The van der Waals surface area contributed by atoms with Gasteiger partial charge in [-0.15, -0.1) is 11.3 Å². The Labute approximate surface area is 285 Å². The number of fused-ring (bicyclic) bond motifs is 2. The summed E-state index contributed by atoms with van der Waals surface area (Å²) in [5.41, 5.74) is 5.21. The van der Waals surface area contributed by atoms with Crippen molar-refractivity contribution in [2.75, 3.05) is 6.54 Å². The quantitative estimate of drug-likeness (QED) is 0.192. The van der Waals surface area contributed by atoms with Crippen LogP contribution in [0.5, 0.6) is 0 Å². The van der Waals surface area contributed by atoms with Gasteiger partial charge in [0, 0.05) is 22.2 Å². The van der Waals surface area contributed by atoms with Gasteiger partial charge in [0.1, 0.15) is 5.82 Å². The molecule has 9 heteroatoms. The molecule has 1 amide bonds. The van der Waals surface area contributed by atoms with Crippen LogP contribution in [0.2, 0.25) is 0 Å². The van der Waals surface area contributed by atoms with Crippen molar-refractivity contribution in [1.29, 1.82) is 0 Å². The highest BCUT2D eigenvalue weighted by Crippen LogP contribution is 2.53. The molecule has 4 aromatic carbocycles. The number of nitrogens with zero attached hydrogens (tertiary/aromatic N) is 2. The van der Waals surface area contributed by atoms with Crippen LogP contribution in [0, 0.1) is 0 Å². The smallest absolute Gasteiger partial charge is 0.338 e. The molecular formula is C40H32F3N3O2S. The van der Waals surface area contributed by atoms with Gasteiger partial charge in [-0.05, 0) is 77.1 Å². The van der Waals surface area contributed by atoms with Crippen LogP contribution in [0.3, 0.4) is 0 Å². The SMILES string of the molecule is O=C(Cc1cccc(-c2cccc(C(F)(F)F)c2)c1)N1CCCc2nc(C3(c4cccc(-c5csc6ccccc56)c4)CC3)[nH]c(=O)c2C1. The van der Waals surface area contributed by atoms with Gasteiger partial charge in [0.05, 0.1) is 35.2 Å². The van der Waals surface area contributed by atoms with E-state index in [-0.39, 0.29) is 29.8 Å². The third-order valence-corrected chi connectivity index (χ3v) is 10.8. The number of carbonyl (C=O) groups is 1. The lowest BCUT2D eigenvalue weighted by molar-refractivity contribution is -0.137. The number of aryl methyl sites for hydroxylation is 1. The third kappa shape index (κ3) is 5.97. The predicted octanol–water partition coefficient (Wildman–Crippen LogP) is 8.93. The lowest BCUT2D eigenvalue weighted by Gasteiger charge is -2.21. The molecule has 5 nitrogen and oxygen atoms in total. The zero-order valence-corrected chi connectivity index (χ0v) is 27.3. The van der Waals surface area contributed by atoms with Crippen molar-refractivity contribution in [1.82, 2.24) is 14.9 Å². The first kappa shape index (κ1) is 31.3. The molecule has 3 heterocycles. The van der Waals surface area contributed by atoms with E-state index in [1.165, 1.54) is 21.7 Å². The van der Waals surface area contributed by atoms with Crippen LogP contribution >= 0.6 is 11.3 Å². The highest BCUT2D eigenvalue weighted by atomic mass is 32.1. The number of rotatable bonds is 6. The number of aromatic nitrogens is 2. The summed E-state index contributed by atoms with van der Waals surface area (Å²) >= 11 is 1.73. The molecule has 1 N–H and O–H groups in total. The summed E-state index contributed by atoms with van der Waals surface area (Å²) in [6.07, 6.45) is -1.31. The summed E-state index contributed by atoms with van der Waals surface area (Å²) in [6, 6.07) is 29.2. The standard InChI is InChI=1S/C40H32F3N3O2S/c41-40(42,43)30-12-4-9-27(21-30)26-8-3-7-25(19-26)20-36(47)46-18-6-14-34-32(23-46)37(48)45-38(44-34)39(16-17-39)29-11-5-10-28(22-29)33-24-49-35-15-2-1-13-31(33)35/h1-5,7-13,15,19,21-22,24H,6,14,16-18,20,23H2,(H,44,45,48). The number of hydrogen-bond acceptors (Lipinski definition) is 4. The molecular weight excluding hydrogens is 644 g/mol. The summed E-state index contributed by atoms with van der Waals surface area (Å²) in [5, 5.41) is 3.43. The van der Waals surface area contributed by atoms with Gasteiger partial charge in [-0.1, -0.05) is 78.9 Å². The van der Waals surface area contributed by atoms with Crippen LogP contribution in [0.15, 0.2) is 107 Å². The molecule has 0 atom stereocenters. The maximum Gasteiger partial charge on any atom is 0.416 e. The van der Waals surface area contributed by atoms with Gasteiger partial charge in [0.25, 0.3) is 5.56 Å². The Balaban J connectivity index is 1.02. The van der Waals surface area contributed by atoms with Crippen molar-refractivity contribution in [3.05, 3.63) is 147 Å². The van der Waals surface area contributed by atoms with Gasteiger partial charge in [0.2, 0.25) is 5.91 Å². The predicted molar refractivity (Wildman–Crippen MR) is 186 cm³/mol. The number of nitrogens with one attached hydrogen (secondary N) is 1. The zero-order chi connectivity index (χ0) is 33.8. The molecule has 1 fully saturated rings. The Morgan fingerprint density at radius 2 is 1.65 bits per heavy atom. The van der Waals surface area contributed by atoms with Gasteiger partial charge in [-0.25, -0.2) is 4.98 Å². The number of aromatic amines is 1. The highest BCUT2D eigenvalue weighted by molar-refractivity contribution is 7.17. The molecule has 1 aliphatic carbocycles. The summed E-state index contributed by atoms with van der Waals surface area (Å²) in [7, 11) is 0. The molecule has 246 valence electrons. The van der Waals surface area contributed by atoms with E-state index in [4.69, 9.17) is 4.98 Å². The Hall–Kier alpha value is -5.02. The van der Waals surface area contributed by atoms with Gasteiger partial charge in [-0.2, -0.15) is 13.2 Å². The van der Waals surface area contributed by atoms with E-state index < -0.39 is 11.7 Å². The van der Waals surface area contributed by atoms with Crippen LogP contribution in [0.25, 0.3) is 32.3 Å². The van der Waals surface area contributed by atoms with Crippen molar-refractivity contribution in [3.8, 4) is 22.3 Å². The van der Waals surface area contributed by atoms with Crippen molar-refractivity contribution in [2.24, 2.45) is 0 Å². The molecule has 2 aliphatic rings. The average Bonchev–Trinajstić information content (AvgIpc) is 3.85. The first-order valence-electron chi connectivity index (χ1n) is 16.4. The number of benzene rings is 4. The minimum absolute atomic E-state index is 0.0738. The molecule has 1 aliphatic heterocycles. The van der Waals surface area contributed by atoms with E-state index in [0.29, 0.717) is 47.5 Å². The monoisotopic (exact) mass is 675 g/mol. The van der Waals surface area contributed by atoms with Gasteiger partial charge in [-0.3, -0.25) is 9.59 Å². The number of hydrogen-bond donors (Lipinski definition) is 1. The van der Waals surface area contributed by atoms with Crippen LogP contribution < -0.4 is 5.56 Å². The van der Waals surface area contributed by atoms with E-state index in [9.17, 15) is 22.8 Å². The van der Waals surface area contributed by atoms with E-state index in [1.807, 2.05) is 0 Å². The third-order valence-electron chi connectivity index (χ3n) is 9.86. The van der Waals surface area contributed by atoms with Crippen molar-refractivity contribution >= 4 is 27.3 Å². The lowest BCUT2D eigenvalue weighted by Crippen LogP contribution is -2.34. The fourth-order valence-electron chi connectivity index (χ4n) is 7.06. The number of halogens is 3. The van der Waals surface area contributed by atoms with E-state index >= 15 is 0 Å². The molecule has 0 spiro atoms. The number of H-pyrrole nitrogens is 1. The second-order valence-corrected chi connectivity index (χ2v) is 13.9. The average molecular weight is 676 g/mol. The molecule has 0 radical (unpaired) electrons. The largest absolute Gasteiger partial charge is 0.416 e. The first-order chi connectivity index (χ1) is 23.7. The second-order valence-electron chi connectivity index (χ2n) is 13.0. The van der Waals surface area contributed by atoms with Crippen molar-refractivity contribution in [2.45, 2.75) is 50.2 Å². The fraction of sp³-hybridized carbons (Fsp3) is 0.225. The maximum absolute atomic E-state index is 13.7. The van der Waals surface area contributed by atoms with E-state index in [1.54, 1.807) is 46.6 Å². The highest BCUT2D eigenvalue weighted by Gasteiger charge is 2.49. The summed E-state index contributed by atoms with van der Waals surface area (Å²) < 4.78 is 41.1. The van der Waals surface area contributed by atoms with Gasteiger partial charge in [0.15, 0.2) is 0 Å². The topological polar surface area (TPSA) is 66.1 Å². The maximum atomic E-state index is 13.7. The van der Waals surface area contributed by atoms with Gasteiger partial charge < -0.3 is 9.88 Å². The Morgan fingerprint density at radius 1 is 0.898 bits per heavy atom. The summed E-state index contributed by atoms with van der Waals surface area (Å²) in [6.45, 7) is 0.650. The Bertz CT molecular complexity index is 2290. The lowest BCUT2D eigenvalue weighted by atomic mass is 9.91. The minimum atomic E-state index is -4.44. The molecule has 1 saturated carbocycles. The number of alkyl halides is 3. The van der Waals surface area contributed by atoms with Gasteiger partial charge >= 0.3 is 6.18 Å². The summed E-state index contributed by atoms with van der Waals surface area (Å²) in [4.78, 5) is 37.1. The van der Waals surface area contributed by atoms with Crippen LogP contribution in [-0.4, -0.2) is 27.3 Å². The number of carbonyl (C=O) groups excluding carboxylic acids is 1. The molecule has 49 heavy (non-hydrogen) atoms. The van der Waals surface area contributed by atoms with Crippen LogP contribution in [-0.2, 0) is 35.8 Å². The Kier molecular flexibility index (Phi) is 7.75. The second kappa shape index (κ2) is 12.1. The molecule has 0 saturated heterocycles. The number of thiophene rings is 1. The fourth-order valence-corrected chi connectivity index (χ4v) is 8.03. The molecule has 8 rings (SSSR count). The normalized spacial score (nSPS) is 15.5. The molecule has 2 aromatic heterocycles. The zero-order valence-electron chi connectivity index (χ0n) is 26.5. The molecule has 6 aromatic rings. The summed E-state index contributed by atoms with van der Waals surface area (Å²) in [5.74, 6) is 0.545.